The number of unbranched alkanes of at least 4 members (excludes halogenated alkanes) is 13. The summed E-state index contributed by atoms with van der Waals surface area (Å²) in [7, 11) is 0. The number of rotatable bonds is 16. The SMILES string of the molecule is SCCCCCCCCCCCCCCCCC1CC1. The smallest absolute Gasteiger partial charge is 0.00979 e. The first-order valence-electron chi connectivity index (χ1n) is 9.54. The molecule has 0 aromatic heterocycles. The summed E-state index contributed by atoms with van der Waals surface area (Å²) in [6.45, 7) is 0. The molecule has 0 bridgehead atoms. The zero-order chi connectivity index (χ0) is 14.3. The Bertz CT molecular complexity index is 186. The first kappa shape index (κ1) is 18.4. The topological polar surface area (TPSA) is 0 Å². The van der Waals surface area contributed by atoms with Crippen LogP contribution in [0.1, 0.15) is 109 Å². The molecular weight excluding hydrogens is 260 g/mol. The zero-order valence-electron chi connectivity index (χ0n) is 13.8. The van der Waals surface area contributed by atoms with E-state index in [2.05, 4.69) is 12.6 Å². The molecular formula is C19H38S. The minimum Gasteiger partial charge on any atom is -0.179 e. The molecule has 120 valence electrons. The van der Waals surface area contributed by atoms with Gasteiger partial charge >= 0.3 is 0 Å². The second kappa shape index (κ2) is 14.3. The van der Waals surface area contributed by atoms with Crippen LogP contribution in [0.4, 0.5) is 0 Å². The predicted molar refractivity (Wildman–Crippen MR) is 95.8 cm³/mol. The second-order valence-corrected chi connectivity index (χ2v) is 7.35. The normalized spacial score (nSPS) is 14.8. The summed E-state index contributed by atoms with van der Waals surface area (Å²) in [6, 6.07) is 0. The molecule has 1 rings (SSSR count). The van der Waals surface area contributed by atoms with Crippen molar-refractivity contribution in [2.24, 2.45) is 5.92 Å². The summed E-state index contributed by atoms with van der Waals surface area (Å²) in [4.78, 5) is 0. The van der Waals surface area contributed by atoms with E-state index in [1.165, 1.54) is 109 Å². The van der Waals surface area contributed by atoms with Gasteiger partial charge in [0.2, 0.25) is 0 Å². The Morgan fingerprint density at radius 1 is 0.500 bits per heavy atom. The molecule has 1 aliphatic rings. The summed E-state index contributed by atoms with van der Waals surface area (Å²) in [5.41, 5.74) is 0. The molecule has 0 radical (unpaired) electrons. The average Bonchev–Trinajstić information content (AvgIpc) is 3.27. The van der Waals surface area contributed by atoms with Crippen molar-refractivity contribution in [3.8, 4) is 0 Å². The quantitative estimate of drug-likeness (QED) is 0.226. The van der Waals surface area contributed by atoms with Crippen LogP contribution in [-0.4, -0.2) is 5.75 Å². The van der Waals surface area contributed by atoms with Crippen molar-refractivity contribution < 1.29 is 0 Å². The molecule has 0 aromatic carbocycles. The van der Waals surface area contributed by atoms with Crippen molar-refractivity contribution in [1.29, 1.82) is 0 Å². The Hall–Kier alpha value is 0.350. The Morgan fingerprint density at radius 3 is 1.20 bits per heavy atom. The molecule has 1 saturated carbocycles. The molecule has 0 aromatic rings. The fourth-order valence-electron chi connectivity index (χ4n) is 3.07. The molecule has 0 atom stereocenters. The molecule has 1 aliphatic carbocycles. The van der Waals surface area contributed by atoms with Crippen molar-refractivity contribution in [3.63, 3.8) is 0 Å². The minimum atomic E-state index is 1.07. The van der Waals surface area contributed by atoms with E-state index in [1.807, 2.05) is 0 Å². The standard InChI is InChI=1S/C19H38S/c20-18-14-12-10-8-6-4-2-1-3-5-7-9-11-13-15-19-16-17-19/h19-20H,1-18H2. The minimum absolute atomic E-state index is 1.07. The monoisotopic (exact) mass is 298 g/mol. The van der Waals surface area contributed by atoms with E-state index in [0.717, 1.165) is 11.7 Å². The van der Waals surface area contributed by atoms with Gasteiger partial charge < -0.3 is 0 Å². The molecule has 0 saturated heterocycles. The van der Waals surface area contributed by atoms with Crippen LogP contribution in [0.3, 0.4) is 0 Å². The van der Waals surface area contributed by atoms with Gasteiger partial charge in [-0.05, 0) is 18.1 Å². The molecule has 0 aliphatic heterocycles. The average molecular weight is 299 g/mol. The highest BCUT2D eigenvalue weighted by molar-refractivity contribution is 7.80. The summed E-state index contributed by atoms with van der Waals surface area (Å²) in [5.74, 6) is 2.22. The van der Waals surface area contributed by atoms with Crippen molar-refractivity contribution in [3.05, 3.63) is 0 Å². The van der Waals surface area contributed by atoms with Gasteiger partial charge in [-0.1, -0.05) is 103 Å². The summed E-state index contributed by atoms with van der Waals surface area (Å²) in [5, 5.41) is 0. The highest BCUT2D eigenvalue weighted by Crippen LogP contribution is 2.34. The molecule has 1 fully saturated rings. The molecule has 20 heavy (non-hydrogen) atoms. The molecule has 0 spiro atoms. The lowest BCUT2D eigenvalue weighted by molar-refractivity contribution is 0.527. The van der Waals surface area contributed by atoms with Gasteiger partial charge in [0, 0.05) is 0 Å². The predicted octanol–water partition coefficient (Wildman–Crippen LogP) is 7.18. The third-order valence-corrected chi connectivity index (χ3v) is 5.03. The third-order valence-electron chi connectivity index (χ3n) is 4.72. The highest BCUT2D eigenvalue weighted by Gasteiger charge is 2.19. The van der Waals surface area contributed by atoms with Gasteiger partial charge in [0.05, 0.1) is 0 Å². The van der Waals surface area contributed by atoms with Crippen LogP contribution in [-0.2, 0) is 0 Å². The van der Waals surface area contributed by atoms with Crippen LogP contribution in [0, 0.1) is 5.92 Å². The van der Waals surface area contributed by atoms with E-state index in [4.69, 9.17) is 0 Å². The van der Waals surface area contributed by atoms with Crippen molar-refractivity contribution in [2.75, 3.05) is 5.75 Å². The Kier molecular flexibility index (Phi) is 13.1. The maximum atomic E-state index is 4.25. The lowest BCUT2D eigenvalue weighted by Crippen LogP contribution is -1.84. The maximum absolute atomic E-state index is 4.25. The van der Waals surface area contributed by atoms with Crippen LogP contribution >= 0.6 is 12.6 Å². The molecule has 0 nitrogen and oxygen atoms in total. The molecule has 0 unspecified atom stereocenters. The zero-order valence-corrected chi connectivity index (χ0v) is 14.6. The fourth-order valence-corrected chi connectivity index (χ4v) is 3.30. The largest absolute Gasteiger partial charge is 0.179 e. The molecule has 1 heteroatoms. The molecule has 0 N–H and O–H groups in total. The first-order valence-corrected chi connectivity index (χ1v) is 10.2. The van der Waals surface area contributed by atoms with Crippen LogP contribution in [0.5, 0.6) is 0 Å². The van der Waals surface area contributed by atoms with E-state index in [-0.39, 0.29) is 0 Å². The first-order chi connectivity index (χ1) is 9.93. The van der Waals surface area contributed by atoms with E-state index in [9.17, 15) is 0 Å². The van der Waals surface area contributed by atoms with Gasteiger partial charge in [0.1, 0.15) is 0 Å². The van der Waals surface area contributed by atoms with Crippen LogP contribution < -0.4 is 0 Å². The Morgan fingerprint density at radius 2 is 0.850 bits per heavy atom. The summed E-state index contributed by atoms with van der Waals surface area (Å²) >= 11 is 4.25. The van der Waals surface area contributed by atoms with E-state index >= 15 is 0 Å². The van der Waals surface area contributed by atoms with E-state index < -0.39 is 0 Å². The van der Waals surface area contributed by atoms with Crippen molar-refractivity contribution in [1.82, 2.24) is 0 Å². The lowest BCUT2D eigenvalue weighted by atomic mass is 10.0. The van der Waals surface area contributed by atoms with Crippen LogP contribution in [0.15, 0.2) is 0 Å². The number of hydrogen-bond donors (Lipinski definition) is 1. The highest BCUT2D eigenvalue weighted by atomic mass is 32.1. The van der Waals surface area contributed by atoms with Crippen molar-refractivity contribution >= 4 is 12.6 Å². The number of hydrogen-bond acceptors (Lipinski definition) is 1. The van der Waals surface area contributed by atoms with Gasteiger partial charge in [-0.2, -0.15) is 12.6 Å². The van der Waals surface area contributed by atoms with Gasteiger partial charge in [-0.25, -0.2) is 0 Å². The Balaban J connectivity index is 1.60. The lowest BCUT2D eigenvalue weighted by Gasteiger charge is -2.03. The number of thiol groups is 1. The van der Waals surface area contributed by atoms with Gasteiger partial charge in [0.25, 0.3) is 0 Å². The second-order valence-electron chi connectivity index (χ2n) is 6.91. The van der Waals surface area contributed by atoms with Crippen LogP contribution in [0.25, 0.3) is 0 Å². The van der Waals surface area contributed by atoms with Gasteiger partial charge in [0.15, 0.2) is 0 Å². The fraction of sp³-hybridized carbons (Fsp3) is 1.00. The summed E-state index contributed by atoms with van der Waals surface area (Å²) in [6.07, 6.45) is 25.1. The third kappa shape index (κ3) is 13.3. The van der Waals surface area contributed by atoms with Gasteiger partial charge in [-0.3, -0.25) is 0 Å². The maximum Gasteiger partial charge on any atom is -0.00979 e. The molecule has 0 heterocycles. The van der Waals surface area contributed by atoms with Gasteiger partial charge in [-0.15, -0.1) is 0 Å². The van der Waals surface area contributed by atoms with E-state index in [0.29, 0.717) is 0 Å². The van der Waals surface area contributed by atoms with Crippen LogP contribution in [0.2, 0.25) is 0 Å². The van der Waals surface area contributed by atoms with Crippen molar-refractivity contribution in [2.45, 2.75) is 109 Å². The summed E-state index contributed by atoms with van der Waals surface area (Å²) < 4.78 is 0. The molecule has 0 amide bonds. The Labute approximate surface area is 133 Å². The van der Waals surface area contributed by atoms with E-state index in [1.54, 1.807) is 0 Å².